The van der Waals surface area contributed by atoms with Crippen molar-refractivity contribution in [3.05, 3.63) is 0 Å². The quantitative estimate of drug-likeness (QED) is 0.655. The SMILES string of the molecule is CCCOCC(N)C1CN(C)CCN1C. The maximum atomic E-state index is 6.15. The van der Waals surface area contributed by atoms with Gasteiger partial charge in [0, 0.05) is 38.3 Å². The summed E-state index contributed by atoms with van der Waals surface area (Å²) in [6, 6.07) is 0.560. The summed E-state index contributed by atoms with van der Waals surface area (Å²) in [5.41, 5.74) is 6.15. The Bertz CT molecular complexity index is 177. The molecule has 0 bridgehead atoms. The van der Waals surface area contributed by atoms with Crippen LogP contribution in [0.25, 0.3) is 0 Å². The summed E-state index contributed by atoms with van der Waals surface area (Å²) in [7, 11) is 4.30. The molecule has 4 nitrogen and oxygen atoms in total. The normalized spacial score (nSPS) is 26.8. The lowest BCUT2D eigenvalue weighted by atomic mass is 10.1. The van der Waals surface area contributed by atoms with Crippen molar-refractivity contribution < 1.29 is 4.74 Å². The summed E-state index contributed by atoms with van der Waals surface area (Å²) in [6.45, 7) is 6.90. The van der Waals surface area contributed by atoms with E-state index in [4.69, 9.17) is 10.5 Å². The topological polar surface area (TPSA) is 41.7 Å². The third kappa shape index (κ3) is 4.07. The number of nitrogens with zero attached hydrogens (tertiary/aromatic N) is 2. The van der Waals surface area contributed by atoms with E-state index in [1.165, 1.54) is 0 Å². The number of nitrogens with two attached hydrogens (primary N) is 1. The number of hydrogen-bond acceptors (Lipinski definition) is 4. The van der Waals surface area contributed by atoms with E-state index in [1.807, 2.05) is 0 Å². The molecule has 0 aromatic heterocycles. The first-order valence-electron chi connectivity index (χ1n) is 5.87. The monoisotopic (exact) mass is 215 g/mol. The number of piperazine rings is 1. The predicted octanol–water partition coefficient (Wildman–Crippen LogP) is -0.0139. The van der Waals surface area contributed by atoms with Crippen molar-refractivity contribution >= 4 is 0 Å². The van der Waals surface area contributed by atoms with Gasteiger partial charge in [-0.05, 0) is 20.5 Å². The molecule has 0 aromatic carbocycles. The summed E-state index contributed by atoms with van der Waals surface area (Å²) < 4.78 is 5.51. The fourth-order valence-electron chi connectivity index (χ4n) is 1.98. The third-order valence-electron chi connectivity index (χ3n) is 3.05. The van der Waals surface area contributed by atoms with Crippen molar-refractivity contribution in [2.24, 2.45) is 5.73 Å². The second-order valence-electron chi connectivity index (χ2n) is 4.55. The Balaban J connectivity index is 2.32. The molecule has 1 saturated heterocycles. The Morgan fingerprint density at radius 3 is 2.80 bits per heavy atom. The Hall–Kier alpha value is -0.160. The van der Waals surface area contributed by atoms with Crippen molar-refractivity contribution in [3.63, 3.8) is 0 Å². The van der Waals surface area contributed by atoms with E-state index in [9.17, 15) is 0 Å². The van der Waals surface area contributed by atoms with E-state index < -0.39 is 0 Å². The van der Waals surface area contributed by atoms with Crippen LogP contribution in [0.5, 0.6) is 0 Å². The van der Waals surface area contributed by atoms with Crippen LogP contribution < -0.4 is 5.73 Å². The van der Waals surface area contributed by atoms with Crippen LogP contribution in [0.1, 0.15) is 13.3 Å². The van der Waals surface area contributed by atoms with E-state index in [0.29, 0.717) is 12.6 Å². The zero-order valence-corrected chi connectivity index (χ0v) is 10.3. The molecule has 15 heavy (non-hydrogen) atoms. The second-order valence-corrected chi connectivity index (χ2v) is 4.55. The minimum absolute atomic E-state index is 0.129. The first-order chi connectivity index (χ1) is 7.15. The lowest BCUT2D eigenvalue weighted by Gasteiger charge is -2.40. The van der Waals surface area contributed by atoms with Gasteiger partial charge in [-0.25, -0.2) is 0 Å². The molecular weight excluding hydrogens is 190 g/mol. The van der Waals surface area contributed by atoms with Gasteiger partial charge in [0.25, 0.3) is 0 Å². The number of hydrogen-bond donors (Lipinski definition) is 1. The Labute approximate surface area is 93.4 Å². The minimum Gasteiger partial charge on any atom is -0.380 e. The summed E-state index contributed by atoms with van der Waals surface area (Å²) >= 11 is 0. The van der Waals surface area contributed by atoms with Crippen molar-refractivity contribution in [2.75, 3.05) is 46.9 Å². The van der Waals surface area contributed by atoms with Gasteiger partial charge < -0.3 is 15.4 Å². The Morgan fingerprint density at radius 2 is 2.13 bits per heavy atom. The van der Waals surface area contributed by atoms with Crippen LogP contribution in [0.4, 0.5) is 0 Å². The van der Waals surface area contributed by atoms with E-state index >= 15 is 0 Å². The van der Waals surface area contributed by atoms with Crippen LogP contribution in [-0.4, -0.2) is 68.8 Å². The first kappa shape index (κ1) is 12.9. The average Bonchev–Trinajstić information content (AvgIpc) is 2.22. The lowest BCUT2D eigenvalue weighted by Crippen LogP contribution is -2.58. The fourth-order valence-corrected chi connectivity index (χ4v) is 1.98. The molecule has 0 amide bonds. The smallest absolute Gasteiger partial charge is 0.0633 e. The van der Waals surface area contributed by atoms with Gasteiger partial charge in [0.2, 0.25) is 0 Å². The third-order valence-corrected chi connectivity index (χ3v) is 3.05. The van der Waals surface area contributed by atoms with Gasteiger partial charge in [-0.3, -0.25) is 4.90 Å². The van der Waals surface area contributed by atoms with Crippen molar-refractivity contribution in [1.82, 2.24) is 9.80 Å². The van der Waals surface area contributed by atoms with Gasteiger partial charge in [-0.1, -0.05) is 6.92 Å². The molecule has 90 valence electrons. The van der Waals surface area contributed by atoms with Crippen LogP contribution in [-0.2, 0) is 4.74 Å². The van der Waals surface area contributed by atoms with Crippen LogP contribution in [0, 0.1) is 0 Å². The molecule has 1 heterocycles. The Kier molecular flexibility index (Phi) is 5.53. The minimum atomic E-state index is 0.129. The predicted molar refractivity (Wildman–Crippen MR) is 63.0 cm³/mol. The molecule has 4 heteroatoms. The summed E-state index contributed by atoms with van der Waals surface area (Å²) in [5, 5.41) is 0. The standard InChI is InChI=1S/C11H25N3O/c1-4-7-15-9-10(12)11-8-13(2)5-6-14(11)3/h10-11H,4-9,12H2,1-3H3. The average molecular weight is 215 g/mol. The molecule has 0 saturated carbocycles. The van der Waals surface area contributed by atoms with Gasteiger partial charge >= 0.3 is 0 Å². The first-order valence-corrected chi connectivity index (χ1v) is 5.87. The molecular formula is C11H25N3O. The summed E-state index contributed by atoms with van der Waals surface area (Å²) in [5.74, 6) is 0. The van der Waals surface area contributed by atoms with Gasteiger partial charge in [-0.2, -0.15) is 0 Å². The lowest BCUT2D eigenvalue weighted by molar-refractivity contribution is 0.0520. The largest absolute Gasteiger partial charge is 0.380 e. The van der Waals surface area contributed by atoms with Crippen LogP contribution in [0.2, 0.25) is 0 Å². The van der Waals surface area contributed by atoms with Gasteiger partial charge in [0.1, 0.15) is 0 Å². The fraction of sp³-hybridized carbons (Fsp3) is 1.00. The highest BCUT2D eigenvalue weighted by atomic mass is 16.5. The molecule has 0 spiro atoms. The van der Waals surface area contributed by atoms with Crippen LogP contribution >= 0.6 is 0 Å². The van der Waals surface area contributed by atoms with Crippen molar-refractivity contribution in [1.29, 1.82) is 0 Å². The summed E-state index contributed by atoms with van der Waals surface area (Å²) in [6.07, 6.45) is 1.06. The molecule has 0 radical (unpaired) electrons. The summed E-state index contributed by atoms with van der Waals surface area (Å²) in [4.78, 5) is 4.68. The van der Waals surface area contributed by atoms with Gasteiger partial charge in [-0.15, -0.1) is 0 Å². The van der Waals surface area contributed by atoms with E-state index in [1.54, 1.807) is 0 Å². The van der Waals surface area contributed by atoms with E-state index in [2.05, 4.69) is 30.8 Å². The highest BCUT2D eigenvalue weighted by Crippen LogP contribution is 2.09. The number of likely N-dealkylation sites (N-methyl/N-ethyl adjacent to an activating group) is 2. The maximum Gasteiger partial charge on any atom is 0.0633 e. The number of ether oxygens (including phenoxy) is 1. The molecule has 0 aliphatic carbocycles. The van der Waals surface area contributed by atoms with Crippen molar-refractivity contribution in [2.45, 2.75) is 25.4 Å². The zero-order valence-electron chi connectivity index (χ0n) is 10.3. The van der Waals surface area contributed by atoms with Gasteiger partial charge in [0.05, 0.1) is 6.61 Å². The van der Waals surface area contributed by atoms with Crippen molar-refractivity contribution in [3.8, 4) is 0 Å². The van der Waals surface area contributed by atoms with E-state index in [0.717, 1.165) is 32.7 Å². The molecule has 2 atom stereocenters. The maximum absolute atomic E-state index is 6.15. The van der Waals surface area contributed by atoms with Crippen LogP contribution in [0.15, 0.2) is 0 Å². The molecule has 0 aromatic rings. The highest BCUT2D eigenvalue weighted by Gasteiger charge is 2.27. The molecule has 2 N–H and O–H groups in total. The molecule has 1 rings (SSSR count). The molecule has 1 aliphatic rings. The Morgan fingerprint density at radius 1 is 1.40 bits per heavy atom. The van der Waals surface area contributed by atoms with Crippen LogP contribution in [0.3, 0.4) is 0 Å². The van der Waals surface area contributed by atoms with E-state index in [-0.39, 0.29) is 6.04 Å². The second kappa shape index (κ2) is 6.43. The molecule has 1 fully saturated rings. The zero-order chi connectivity index (χ0) is 11.3. The van der Waals surface area contributed by atoms with Gasteiger partial charge in [0.15, 0.2) is 0 Å². The molecule has 1 aliphatic heterocycles. The highest BCUT2D eigenvalue weighted by molar-refractivity contribution is 4.86. The molecule has 2 unspecified atom stereocenters. The number of rotatable bonds is 5.